The molecule has 4 nitrogen and oxygen atoms in total. The number of carbonyl (C=O) groups excluding carboxylic acids is 1. The van der Waals surface area contributed by atoms with Crippen LogP contribution in [-0.2, 0) is 9.59 Å². The predicted molar refractivity (Wildman–Crippen MR) is 114 cm³/mol. The van der Waals surface area contributed by atoms with Gasteiger partial charge in [-0.2, -0.15) is 0 Å². The van der Waals surface area contributed by atoms with Crippen LogP contribution in [-0.4, -0.2) is 35.0 Å². The van der Waals surface area contributed by atoms with E-state index >= 15 is 0 Å². The maximum absolute atomic E-state index is 12.4. The third-order valence-corrected chi connectivity index (χ3v) is 10.5. The van der Waals surface area contributed by atoms with Gasteiger partial charge < -0.3 is 10.0 Å². The zero-order valence-corrected chi connectivity index (χ0v) is 19.1. The normalized spacial score (nSPS) is 47.9. The van der Waals surface area contributed by atoms with E-state index in [9.17, 15) is 9.59 Å². The van der Waals surface area contributed by atoms with Crippen LogP contribution < -0.4 is 0 Å². The summed E-state index contributed by atoms with van der Waals surface area (Å²) in [4.78, 5) is 25.6. The van der Waals surface area contributed by atoms with Gasteiger partial charge in [-0.3, -0.25) is 9.59 Å². The summed E-state index contributed by atoms with van der Waals surface area (Å²) >= 11 is 0. The Labute approximate surface area is 176 Å². The average Bonchev–Trinajstić information content (AvgIpc) is 3.02. The molecule has 1 N–H and O–H groups in total. The zero-order chi connectivity index (χ0) is 21.1. The van der Waals surface area contributed by atoms with Gasteiger partial charge in [0.05, 0.1) is 0 Å². The second-order valence-electron chi connectivity index (χ2n) is 11.7. The number of rotatable bonds is 4. The van der Waals surface area contributed by atoms with Gasteiger partial charge in [-0.25, -0.2) is 0 Å². The molecule has 0 aromatic carbocycles. The van der Waals surface area contributed by atoms with Crippen LogP contribution in [0.2, 0.25) is 0 Å². The molecule has 0 aromatic rings. The van der Waals surface area contributed by atoms with Gasteiger partial charge in [0, 0.05) is 25.9 Å². The second-order valence-corrected chi connectivity index (χ2v) is 11.7. The standard InChI is InChI=1S/C25H41NO3/c1-15(6-9-22(28)29)17-7-8-18-23-16(2)14-20-25(4,13-11-21(27)26(20)5)19(23)10-12-24(17,18)3/h15-20,23H,6-14H2,1-5H3,(H,28,29)/t15-,16+,17-,18+,19+,20-,23+,24-,25-/m1/s1. The number of hydrogen-bond donors (Lipinski definition) is 1. The first kappa shape index (κ1) is 21.2. The Morgan fingerprint density at radius 1 is 1.17 bits per heavy atom. The third kappa shape index (κ3) is 3.15. The molecule has 3 saturated carbocycles. The monoisotopic (exact) mass is 403 g/mol. The van der Waals surface area contributed by atoms with E-state index in [4.69, 9.17) is 5.11 Å². The minimum absolute atomic E-state index is 0.272. The van der Waals surface area contributed by atoms with Gasteiger partial charge in [-0.05, 0) is 91.3 Å². The van der Waals surface area contributed by atoms with Crippen molar-refractivity contribution in [3.05, 3.63) is 0 Å². The average molecular weight is 404 g/mol. The fraction of sp³-hybridized carbons (Fsp3) is 0.920. The van der Waals surface area contributed by atoms with E-state index in [-0.39, 0.29) is 5.41 Å². The van der Waals surface area contributed by atoms with Gasteiger partial charge in [0.15, 0.2) is 0 Å². The van der Waals surface area contributed by atoms with Crippen molar-refractivity contribution in [3.8, 4) is 0 Å². The first-order valence-corrected chi connectivity index (χ1v) is 12.1. The van der Waals surface area contributed by atoms with Crippen LogP contribution in [0.5, 0.6) is 0 Å². The summed E-state index contributed by atoms with van der Waals surface area (Å²) in [6.45, 7) is 9.79. The van der Waals surface area contributed by atoms with Gasteiger partial charge in [0.1, 0.15) is 0 Å². The van der Waals surface area contributed by atoms with E-state index in [2.05, 4.69) is 32.6 Å². The summed E-state index contributed by atoms with van der Waals surface area (Å²) in [5.74, 6) is 3.80. The Morgan fingerprint density at radius 3 is 2.55 bits per heavy atom. The molecule has 0 unspecified atom stereocenters. The highest BCUT2D eigenvalue weighted by molar-refractivity contribution is 5.77. The van der Waals surface area contributed by atoms with Crippen molar-refractivity contribution in [2.45, 2.75) is 91.5 Å². The second kappa shape index (κ2) is 7.27. The zero-order valence-electron chi connectivity index (χ0n) is 19.1. The summed E-state index contributed by atoms with van der Waals surface area (Å²) in [6.07, 6.45) is 9.24. The molecule has 0 aromatic heterocycles. The molecule has 164 valence electrons. The maximum Gasteiger partial charge on any atom is 0.303 e. The Balaban J connectivity index is 1.58. The fourth-order valence-electron chi connectivity index (χ4n) is 8.99. The highest BCUT2D eigenvalue weighted by Crippen LogP contribution is 2.68. The summed E-state index contributed by atoms with van der Waals surface area (Å²) in [5.41, 5.74) is 0.640. The molecule has 9 atom stereocenters. The molecular weight excluding hydrogens is 362 g/mol. The first-order chi connectivity index (χ1) is 13.6. The van der Waals surface area contributed by atoms with E-state index < -0.39 is 5.97 Å². The number of hydrogen-bond acceptors (Lipinski definition) is 2. The van der Waals surface area contributed by atoms with Crippen molar-refractivity contribution in [3.63, 3.8) is 0 Å². The van der Waals surface area contributed by atoms with Crippen LogP contribution in [0, 0.1) is 46.3 Å². The number of likely N-dealkylation sites (tertiary alicyclic amines) is 1. The van der Waals surface area contributed by atoms with Crippen molar-refractivity contribution < 1.29 is 14.7 Å². The molecule has 4 rings (SSSR count). The van der Waals surface area contributed by atoms with Crippen LogP contribution in [0.4, 0.5) is 0 Å². The van der Waals surface area contributed by atoms with Crippen molar-refractivity contribution in [1.82, 2.24) is 4.90 Å². The molecule has 3 aliphatic carbocycles. The van der Waals surface area contributed by atoms with Gasteiger partial charge in [-0.1, -0.05) is 27.7 Å². The first-order valence-electron chi connectivity index (χ1n) is 12.1. The molecule has 1 saturated heterocycles. The number of piperidine rings is 1. The summed E-state index contributed by atoms with van der Waals surface area (Å²) in [6, 6.07) is 0.413. The molecule has 4 heteroatoms. The summed E-state index contributed by atoms with van der Waals surface area (Å²) in [5, 5.41) is 9.14. The number of carbonyl (C=O) groups is 2. The molecule has 29 heavy (non-hydrogen) atoms. The van der Waals surface area contributed by atoms with E-state index in [0.29, 0.717) is 41.5 Å². The Morgan fingerprint density at radius 2 is 1.86 bits per heavy atom. The topological polar surface area (TPSA) is 57.6 Å². The molecule has 4 fully saturated rings. The Kier molecular flexibility index (Phi) is 5.31. The highest BCUT2D eigenvalue weighted by Gasteiger charge is 2.63. The summed E-state index contributed by atoms with van der Waals surface area (Å²) < 4.78 is 0. The number of amides is 1. The molecular formula is C25H41NO3. The van der Waals surface area contributed by atoms with Gasteiger partial charge in [0.2, 0.25) is 5.91 Å². The smallest absolute Gasteiger partial charge is 0.303 e. The van der Waals surface area contributed by atoms with Crippen molar-refractivity contribution in [2.75, 3.05) is 7.05 Å². The van der Waals surface area contributed by atoms with Crippen LogP contribution >= 0.6 is 0 Å². The van der Waals surface area contributed by atoms with Crippen molar-refractivity contribution in [1.29, 1.82) is 0 Å². The summed E-state index contributed by atoms with van der Waals surface area (Å²) in [7, 11) is 2.04. The number of aliphatic carboxylic acids is 1. The van der Waals surface area contributed by atoms with Gasteiger partial charge in [0.25, 0.3) is 0 Å². The fourth-order valence-corrected chi connectivity index (χ4v) is 8.99. The largest absolute Gasteiger partial charge is 0.481 e. The Hall–Kier alpha value is -1.06. The molecule has 0 bridgehead atoms. The van der Waals surface area contributed by atoms with E-state index in [1.54, 1.807) is 0 Å². The van der Waals surface area contributed by atoms with Gasteiger partial charge >= 0.3 is 5.97 Å². The van der Waals surface area contributed by atoms with Crippen LogP contribution in [0.25, 0.3) is 0 Å². The van der Waals surface area contributed by atoms with Crippen LogP contribution in [0.1, 0.15) is 85.5 Å². The Bertz CT molecular complexity index is 677. The third-order valence-electron chi connectivity index (χ3n) is 10.5. The van der Waals surface area contributed by atoms with E-state index in [0.717, 1.165) is 43.4 Å². The van der Waals surface area contributed by atoms with E-state index in [1.807, 2.05) is 7.05 Å². The number of carboxylic acid groups (broad SMARTS) is 1. The van der Waals surface area contributed by atoms with Crippen molar-refractivity contribution in [2.24, 2.45) is 46.3 Å². The molecule has 0 spiro atoms. The lowest BCUT2D eigenvalue weighted by Gasteiger charge is -2.64. The molecule has 0 radical (unpaired) electrons. The quantitative estimate of drug-likeness (QED) is 0.701. The lowest BCUT2D eigenvalue weighted by Crippen LogP contribution is -2.63. The van der Waals surface area contributed by atoms with Crippen LogP contribution in [0.3, 0.4) is 0 Å². The number of carboxylic acids is 1. The predicted octanol–water partition coefficient (Wildman–Crippen LogP) is 5.21. The molecule has 1 aliphatic heterocycles. The minimum atomic E-state index is -0.656. The van der Waals surface area contributed by atoms with Crippen molar-refractivity contribution >= 4 is 11.9 Å². The molecule has 1 amide bonds. The van der Waals surface area contributed by atoms with E-state index in [1.165, 1.54) is 25.7 Å². The molecule has 4 aliphatic rings. The highest BCUT2D eigenvalue weighted by atomic mass is 16.4. The number of nitrogens with zero attached hydrogens (tertiary/aromatic N) is 1. The SMILES string of the molecule is C[C@H](CCC(=O)O)[C@H]1CC[C@H]2[C@@H]3[C@@H](C)C[C@H]4N(C)C(=O)CC[C@]4(C)[C@H]3CC[C@]12C. The molecule has 1 heterocycles. The lowest BCUT2D eigenvalue weighted by atomic mass is 9.44. The number of fused-ring (bicyclic) bond motifs is 5. The lowest BCUT2D eigenvalue weighted by molar-refractivity contribution is -0.167. The minimum Gasteiger partial charge on any atom is -0.481 e. The van der Waals surface area contributed by atoms with Crippen LogP contribution in [0.15, 0.2) is 0 Å². The van der Waals surface area contributed by atoms with Gasteiger partial charge in [-0.15, -0.1) is 0 Å². The maximum atomic E-state index is 12.4.